The molecule has 1 N–H and O–H groups in total. The second-order valence-electron chi connectivity index (χ2n) is 11.1. The second kappa shape index (κ2) is 10.8. The van der Waals surface area contributed by atoms with E-state index in [2.05, 4.69) is 93.7 Å². The normalized spacial score (nSPS) is 11.7. The fourth-order valence-electron chi connectivity index (χ4n) is 4.93. The number of Topliss-reactive ketones (excluding diaryl/α,β-unsaturated/α-hetero) is 2. The largest absolute Gasteiger partial charge is 0.388 e. The summed E-state index contributed by atoms with van der Waals surface area (Å²) in [5, 5.41) is 3.18. The van der Waals surface area contributed by atoms with Gasteiger partial charge in [0.1, 0.15) is 0 Å². The van der Waals surface area contributed by atoms with Crippen LogP contribution in [0.25, 0.3) is 0 Å². The fraction of sp³-hybridized carbons (Fsp3) is 0.257. The zero-order valence-corrected chi connectivity index (χ0v) is 23.3. The van der Waals surface area contributed by atoms with Crippen LogP contribution in [0.5, 0.6) is 0 Å². The van der Waals surface area contributed by atoms with Gasteiger partial charge in [0.25, 0.3) is 0 Å². The maximum Gasteiger partial charge on any atom is 0.167 e. The molecule has 0 saturated heterocycles. The van der Waals surface area contributed by atoms with Crippen LogP contribution in [0.15, 0.2) is 97.1 Å². The van der Waals surface area contributed by atoms with Crippen molar-refractivity contribution >= 4 is 17.3 Å². The molecule has 0 amide bonds. The molecule has 0 aliphatic carbocycles. The Labute approximate surface area is 226 Å². The van der Waals surface area contributed by atoms with Crippen LogP contribution in [0.4, 0.5) is 5.69 Å². The van der Waals surface area contributed by atoms with Crippen molar-refractivity contribution in [2.75, 3.05) is 12.4 Å². The summed E-state index contributed by atoms with van der Waals surface area (Å²) in [5.41, 5.74) is 7.91. The molecule has 0 aliphatic rings. The maximum absolute atomic E-state index is 12.8. The Morgan fingerprint density at radius 1 is 0.632 bits per heavy atom. The Bertz CT molecular complexity index is 1430. The van der Waals surface area contributed by atoms with Gasteiger partial charge in [0.05, 0.1) is 0 Å². The van der Waals surface area contributed by atoms with Crippen LogP contribution in [0.3, 0.4) is 0 Å². The number of benzene rings is 4. The van der Waals surface area contributed by atoms with Crippen molar-refractivity contribution in [1.29, 1.82) is 0 Å². The van der Waals surface area contributed by atoms with E-state index in [4.69, 9.17) is 0 Å². The van der Waals surface area contributed by atoms with Gasteiger partial charge in [-0.2, -0.15) is 0 Å². The molecule has 4 aromatic carbocycles. The van der Waals surface area contributed by atoms with E-state index in [0.29, 0.717) is 17.5 Å². The number of hydrogen-bond acceptors (Lipinski definition) is 3. The molecule has 3 nitrogen and oxygen atoms in total. The lowest BCUT2D eigenvalue weighted by Crippen LogP contribution is -2.21. The van der Waals surface area contributed by atoms with E-state index in [1.165, 1.54) is 29.2 Å². The standard InChI is InChI=1S/C35H37NO2/c1-24(37)26-8-7-9-27(23-26)33(38)22-25-10-12-28(13-11-25)34(2,3)29-14-16-30(17-15-29)35(4,5)31-18-20-32(36-6)21-19-31/h7-21,23,36H,22H2,1-6H3. The van der Waals surface area contributed by atoms with Crippen molar-refractivity contribution in [2.45, 2.75) is 51.9 Å². The molecule has 0 aliphatic heterocycles. The van der Waals surface area contributed by atoms with Crippen LogP contribution < -0.4 is 5.32 Å². The minimum absolute atomic E-state index is 0.0129. The van der Waals surface area contributed by atoms with Crippen molar-refractivity contribution in [2.24, 2.45) is 0 Å². The van der Waals surface area contributed by atoms with Gasteiger partial charge in [-0.1, -0.05) is 107 Å². The van der Waals surface area contributed by atoms with E-state index in [1.54, 1.807) is 24.3 Å². The fourth-order valence-corrected chi connectivity index (χ4v) is 4.93. The van der Waals surface area contributed by atoms with E-state index >= 15 is 0 Å². The summed E-state index contributed by atoms with van der Waals surface area (Å²) in [7, 11) is 1.93. The van der Waals surface area contributed by atoms with Gasteiger partial charge in [0.2, 0.25) is 0 Å². The van der Waals surface area contributed by atoms with E-state index in [1.807, 2.05) is 19.2 Å². The molecule has 38 heavy (non-hydrogen) atoms. The number of ketones is 2. The number of anilines is 1. The summed E-state index contributed by atoms with van der Waals surface area (Å²) in [6.45, 7) is 10.5. The molecule has 0 aromatic heterocycles. The van der Waals surface area contributed by atoms with Gasteiger partial charge in [0, 0.05) is 41.1 Å². The molecule has 194 valence electrons. The third kappa shape index (κ3) is 5.62. The molecule has 0 radical (unpaired) electrons. The van der Waals surface area contributed by atoms with Crippen molar-refractivity contribution in [1.82, 2.24) is 0 Å². The predicted molar refractivity (Wildman–Crippen MR) is 158 cm³/mol. The highest BCUT2D eigenvalue weighted by Gasteiger charge is 2.26. The zero-order chi connectivity index (χ0) is 27.5. The van der Waals surface area contributed by atoms with Gasteiger partial charge >= 0.3 is 0 Å². The van der Waals surface area contributed by atoms with Gasteiger partial charge in [-0.3, -0.25) is 9.59 Å². The first kappa shape index (κ1) is 27.1. The van der Waals surface area contributed by atoms with E-state index in [-0.39, 0.29) is 22.4 Å². The van der Waals surface area contributed by atoms with Crippen LogP contribution in [-0.2, 0) is 17.3 Å². The number of rotatable bonds is 9. The van der Waals surface area contributed by atoms with Crippen LogP contribution in [-0.4, -0.2) is 18.6 Å². The molecular weight excluding hydrogens is 466 g/mol. The monoisotopic (exact) mass is 503 g/mol. The van der Waals surface area contributed by atoms with E-state index in [9.17, 15) is 9.59 Å². The number of carbonyl (C=O) groups excluding carboxylic acids is 2. The highest BCUT2D eigenvalue weighted by atomic mass is 16.1. The molecule has 0 atom stereocenters. The lowest BCUT2D eigenvalue weighted by atomic mass is 9.74. The molecule has 0 spiro atoms. The third-order valence-corrected chi connectivity index (χ3v) is 7.85. The van der Waals surface area contributed by atoms with Gasteiger partial charge in [-0.15, -0.1) is 0 Å². The minimum Gasteiger partial charge on any atom is -0.388 e. The lowest BCUT2D eigenvalue weighted by molar-refractivity contribution is 0.0993. The van der Waals surface area contributed by atoms with Crippen LogP contribution in [0, 0.1) is 0 Å². The lowest BCUT2D eigenvalue weighted by Gasteiger charge is -2.29. The first-order valence-electron chi connectivity index (χ1n) is 13.2. The van der Waals surface area contributed by atoms with Gasteiger partial charge < -0.3 is 5.32 Å². The summed E-state index contributed by atoms with van der Waals surface area (Å²) < 4.78 is 0. The number of carbonyl (C=O) groups is 2. The first-order chi connectivity index (χ1) is 18.0. The van der Waals surface area contributed by atoms with Gasteiger partial charge in [0.15, 0.2) is 11.6 Å². The Balaban J connectivity index is 1.49. The summed E-state index contributed by atoms with van der Waals surface area (Å²) in [5.74, 6) is -0.0232. The van der Waals surface area contributed by atoms with Crippen molar-refractivity contribution in [3.8, 4) is 0 Å². The molecule has 3 heteroatoms. The maximum atomic E-state index is 12.8. The van der Waals surface area contributed by atoms with Crippen LogP contribution in [0.2, 0.25) is 0 Å². The van der Waals surface area contributed by atoms with E-state index in [0.717, 1.165) is 11.3 Å². The summed E-state index contributed by atoms with van der Waals surface area (Å²) in [4.78, 5) is 24.5. The third-order valence-electron chi connectivity index (χ3n) is 7.85. The van der Waals surface area contributed by atoms with Crippen LogP contribution in [0.1, 0.15) is 83.2 Å². The zero-order valence-electron chi connectivity index (χ0n) is 23.3. The topological polar surface area (TPSA) is 46.2 Å². The predicted octanol–water partition coefficient (Wildman–Crippen LogP) is 8.01. The highest BCUT2D eigenvalue weighted by molar-refractivity contribution is 6.01. The molecular formula is C35H37NO2. The average Bonchev–Trinajstić information content (AvgIpc) is 2.93. The van der Waals surface area contributed by atoms with Gasteiger partial charge in [-0.05, 0) is 52.9 Å². The Morgan fingerprint density at radius 2 is 1.05 bits per heavy atom. The Morgan fingerprint density at radius 3 is 1.50 bits per heavy atom. The number of nitrogens with one attached hydrogen (secondary N) is 1. The Hall–Kier alpha value is -3.98. The van der Waals surface area contributed by atoms with E-state index < -0.39 is 0 Å². The van der Waals surface area contributed by atoms with Gasteiger partial charge in [-0.25, -0.2) is 0 Å². The van der Waals surface area contributed by atoms with Crippen LogP contribution >= 0.6 is 0 Å². The summed E-state index contributed by atoms with van der Waals surface area (Å²) in [6.07, 6.45) is 0.307. The summed E-state index contributed by atoms with van der Waals surface area (Å²) in [6, 6.07) is 32.9. The molecule has 0 unspecified atom stereocenters. The quantitative estimate of drug-likeness (QED) is 0.235. The molecule has 4 rings (SSSR count). The smallest absolute Gasteiger partial charge is 0.167 e. The highest BCUT2D eigenvalue weighted by Crippen LogP contribution is 2.36. The number of hydrogen-bond donors (Lipinski definition) is 1. The van der Waals surface area contributed by atoms with Crippen molar-refractivity contribution < 1.29 is 9.59 Å². The molecule has 0 fully saturated rings. The van der Waals surface area contributed by atoms with Crippen molar-refractivity contribution in [3.05, 3.63) is 136 Å². The molecule has 4 aromatic rings. The molecule has 0 bridgehead atoms. The summed E-state index contributed by atoms with van der Waals surface area (Å²) >= 11 is 0. The second-order valence-corrected chi connectivity index (χ2v) is 11.1. The Kier molecular flexibility index (Phi) is 7.68. The minimum atomic E-state index is -0.185. The SMILES string of the molecule is CNc1ccc(C(C)(C)c2ccc(C(C)(C)c3ccc(CC(=O)c4cccc(C(C)=O)c4)cc3)cc2)cc1. The average molecular weight is 504 g/mol. The molecule has 0 saturated carbocycles. The molecule has 0 heterocycles. The first-order valence-corrected chi connectivity index (χ1v) is 13.2. The van der Waals surface area contributed by atoms with Crippen molar-refractivity contribution in [3.63, 3.8) is 0 Å².